The molecule has 0 unspecified atom stereocenters. The summed E-state index contributed by atoms with van der Waals surface area (Å²) in [6, 6.07) is 0. The van der Waals surface area contributed by atoms with Gasteiger partial charge in [0, 0.05) is 4.75 Å². The molecule has 0 atom stereocenters. The zero-order valence-corrected chi connectivity index (χ0v) is 7.67. The van der Waals surface area contributed by atoms with E-state index in [-0.39, 0.29) is 0 Å². The minimum absolute atomic E-state index is 0.389. The van der Waals surface area contributed by atoms with Crippen LogP contribution in [0.1, 0.15) is 46.5 Å². The third kappa shape index (κ3) is 3.85. The van der Waals surface area contributed by atoms with E-state index in [1.54, 1.807) is 0 Å². The molecule has 0 heterocycles. The van der Waals surface area contributed by atoms with Crippen LogP contribution in [0.15, 0.2) is 0 Å². The summed E-state index contributed by atoms with van der Waals surface area (Å²) in [7, 11) is 0. The van der Waals surface area contributed by atoms with Crippen molar-refractivity contribution in [3.63, 3.8) is 0 Å². The first-order valence-corrected chi connectivity index (χ1v) is 4.38. The molecule has 0 N–H and O–H groups in total. The molecule has 1 aliphatic rings. The van der Waals surface area contributed by atoms with Gasteiger partial charge in [0.15, 0.2) is 0 Å². The number of thiol groups is 1. The minimum atomic E-state index is 0.389. The highest BCUT2D eigenvalue weighted by molar-refractivity contribution is 7.81. The van der Waals surface area contributed by atoms with Gasteiger partial charge in [0.1, 0.15) is 0 Å². The Kier molecular flexibility index (Phi) is 4.37. The van der Waals surface area contributed by atoms with Crippen molar-refractivity contribution in [2.24, 2.45) is 0 Å². The van der Waals surface area contributed by atoms with E-state index in [1.165, 1.54) is 25.7 Å². The van der Waals surface area contributed by atoms with Crippen molar-refractivity contribution in [1.82, 2.24) is 0 Å². The first-order valence-electron chi connectivity index (χ1n) is 3.93. The Balaban J connectivity index is 0.000000291. The van der Waals surface area contributed by atoms with E-state index in [1.807, 2.05) is 13.8 Å². The van der Waals surface area contributed by atoms with E-state index in [9.17, 15) is 0 Å². The van der Waals surface area contributed by atoms with Crippen molar-refractivity contribution in [1.29, 1.82) is 0 Å². The molecule has 0 nitrogen and oxygen atoms in total. The average molecular weight is 146 g/mol. The topological polar surface area (TPSA) is 0 Å². The van der Waals surface area contributed by atoms with Gasteiger partial charge in [-0.05, 0) is 12.8 Å². The van der Waals surface area contributed by atoms with Crippen LogP contribution in [0.4, 0.5) is 0 Å². The molecule has 56 valence electrons. The molecule has 0 amide bonds. The van der Waals surface area contributed by atoms with Crippen LogP contribution in [0.25, 0.3) is 0 Å². The third-order valence-electron chi connectivity index (χ3n) is 1.68. The average Bonchev–Trinajstić information content (AvgIpc) is 2.19. The van der Waals surface area contributed by atoms with Crippen molar-refractivity contribution in [2.75, 3.05) is 0 Å². The molecular weight excluding hydrogens is 128 g/mol. The monoisotopic (exact) mass is 146 g/mol. The van der Waals surface area contributed by atoms with Crippen LogP contribution in [-0.4, -0.2) is 4.75 Å². The van der Waals surface area contributed by atoms with E-state index in [2.05, 4.69) is 19.6 Å². The van der Waals surface area contributed by atoms with E-state index in [0.717, 1.165) is 0 Å². The quantitative estimate of drug-likeness (QED) is 0.498. The Morgan fingerprint density at radius 2 is 1.44 bits per heavy atom. The van der Waals surface area contributed by atoms with Crippen molar-refractivity contribution >= 4 is 12.6 Å². The Labute approximate surface area is 64.4 Å². The fourth-order valence-electron chi connectivity index (χ4n) is 1.14. The highest BCUT2D eigenvalue weighted by Crippen LogP contribution is 2.34. The molecular formula is C8H18S. The first-order chi connectivity index (χ1) is 4.21. The van der Waals surface area contributed by atoms with Crippen LogP contribution in [-0.2, 0) is 0 Å². The summed E-state index contributed by atoms with van der Waals surface area (Å²) >= 11 is 4.45. The van der Waals surface area contributed by atoms with Crippen LogP contribution in [0.2, 0.25) is 0 Å². The lowest BCUT2D eigenvalue weighted by Gasteiger charge is -2.12. The van der Waals surface area contributed by atoms with Gasteiger partial charge in [0.2, 0.25) is 0 Å². The molecule has 0 aromatic carbocycles. The maximum absolute atomic E-state index is 4.45. The van der Waals surface area contributed by atoms with Gasteiger partial charge in [-0.3, -0.25) is 0 Å². The second kappa shape index (κ2) is 4.21. The molecule has 9 heavy (non-hydrogen) atoms. The molecule has 0 aliphatic heterocycles. The number of hydrogen-bond donors (Lipinski definition) is 1. The molecule has 1 rings (SSSR count). The van der Waals surface area contributed by atoms with E-state index >= 15 is 0 Å². The maximum Gasteiger partial charge on any atom is 0.0101 e. The third-order valence-corrected chi connectivity index (χ3v) is 2.13. The van der Waals surface area contributed by atoms with Crippen molar-refractivity contribution in [3.8, 4) is 0 Å². The zero-order chi connectivity index (χ0) is 7.33. The lowest BCUT2D eigenvalue weighted by Crippen LogP contribution is -2.07. The molecule has 0 aromatic rings. The molecule has 0 radical (unpaired) electrons. The summed E-state index contributed by atoms with van der Waals surface area (Å²) in [6.45, 7) is 6.23. The van der Waals surface area contributed by atoms with Gasteiger partial charge in [-0.2, -0.15) is 12.6 Å². The van der Waals surface area contributed by atoms with E-state index in [4.69, 9.17) is 0 Å². The van der Waals surface area contributed by atoms with Crippen LogP contribution in [0, 0.1) is 0 Å². The second-order valence-corrected chi connectivity index (χ2v) is 3.78. The Morgan fingerprint density at radius 1 is 1.11 bits per heavy atom. The van der Waals surface area contributed by atoms with Gasteiger partial charge in [0.25, 0.3) is 0 Å². The van der Waals surface area contributed by atoms with Crippen molar-refractivity contribution in [3.05, 3.63) is 0 Å². The van der Waals surface area contributed by atoms with Gasteiger partial charge < -0.3 is 0 Å². The van der Waals surface area contributed by atoms with Crippen LogP contribution in [0.3, 0.4) is 0 Å². The summed E-state index contributed by atoms with van der Waals surface area (Å²) in [4.78, 5) is 0. The molecule has 0 saturated heterocycles. The largest absolute Gasteiger partial charge is 0.173 e. The SMILES string of the molecule is CC.CC1(S)CCCC1. The number of hydrogen-bond acceptors (Lipinski definition) is 1. The molecule has 1 saturated carbocycles. The van der Waals surface area contributed by atoms with Crippen molar-refractivity contribution < 1.29 is 0 Å². The minimum Gasteiger partial charge on any atom is -0.173 e. The lowest BCUT2D eigenvalue weighted by atomic mass is 10.1. The Hall–Kier alpha value is 0.350. The normalized spacial score (nSPS) is 22.7. The van der Waals surface area contributed by atoms with Crippen LogP contribution >= 0.6 is 12.6 Å². The highest BCUT2D eigenvalue weighted by Gasteiger charge is 2.23. The lowest BCUT2D eigenvalue weighted by molar-refractivity contribution is 0.679. The summed E-state index contributed by atoms with van der Waals surface area (Å²) < 4.78 is 0.389. The standard InChI is InChI=1S/C6H12S.C2H6/c1-6(7)4-2-3-5-6;1-2/h7H,2-5H2,1H3;1-2H3. The molecule has 0 bridgehead atoms. The number of rotatable bonds is 0. The Bertz CT molecular complexity index is 59.0. The predicted octanol–water partition coefficient (Wildman–Crippen LogP) is 3.28. The van der Waals surface area contributed by atoms with E-state index in [0.29, 0.717) is 4.75 Å². The molecule has 0 aromatic heterocycles. The maximum atomic E-state index is 4.45. The summed E-state index contributed by atoms with van der Waals surface area (Å²) in [5.41, 5.74) is 0. The highest BCUT2D eigenvalue weighted by atomic mass is 32.1. The zero-order valence-electron chi connectivity index (χ0n) is 6.78. The van der Waals surface area contributed by atoms with Gasteiger partial charge in [-0.1, -0.05) is 33.6 Å². The van der Waals surface area contributed by atoms with Gasteiger partial charge in [-0.25, -0.2) is 0 Å². The van der Waals surface area contributed by atoms with Crippen LogP contribution < -0.4 is 0 Å². The summed E-state index contributed by atoms with van der Waals surface area (Å²) in [6.07, 6.45) is 5.41. The smallest absolute Gasteiger partial charge is 0.0101 e. The molecule has 1 fully saturated rings. The molecule has 1 aliphatic carbocycles. The van der Waals surface area contributed by atoms with E-state index < -0.39 is 0 Å². The molecule has 0 spiro atoms. The fourth-order valence-corrected chi connectivity index (χ4v) is 1.45. The second-order valence-electron chi connectivity index (χ2n) is 2.70. The predicted molar refractivity (Wildman–Crippen MR) is 47.2 cm³/mol. The fraction of sp³-hybridized carbons (Fsp3) is 1.00. The van der Waals surface area contributed by atoms with Gasteiger partial charge >= 0.3 is 0 Å². The summed E-state index contributed by atoms with van der Waals surface area (Å²) in [5, 5.41) is 0. The Morgan fingerprint density at radius 3 is 1.56 bits per heavy atom. The van der Waals surface area contributed by atoms with Crippen molar-refractivity contribution in [2.45, 2.75) is 51.2 Å². The first kappa shape index (κ1) is 9.35. The van der Waals surface area contributed by atoms with Crippen LogP contribution in [0.5, 0.6) is 0 Å². The van der Waals surface area contributed by atoms with Gasteiger partial charge in [0.05, 0.1) is 0 Å². The molecule has 1 heteroatoms. The van der Waals surface area contributed by atoms with Gasteiger partial charge in [-0.15, -0.1) is 0 Å². The summed E-state index contributed by atoms with van der Waals surface area (Å²) in [5.74, 6) is 0.